The van der Waals surface area contributed by atoms with E-state index in [0.29, 0.717) is 0 Å². The fourth-order valence-electron chi connectivity index (χ4n) is 3.06. The van der Waals surface area contributed by atoms with Crippen LogP contribution in [0.25, 0.3) is 0 Å². The topological polar surface area (TPSA) is 69.8 Å². The van der Waals surface area contributed by atoms with Crippen molar-refractivity contribution < 1.29 is 9.90 Å². The van der Waals surface area contributed by atoms with Crippen molar-refractivity contribution >= 4 is 5.97 Å². The molecule has 0 spiro atoms. The number of nitrogens with two attached hydrogens (primary N) is 1. The molecule has 2 saturated heterocycles. The highest BCUT2D eigenvalue weighted by Crippen LogP contribution is 2.35. The summed E-state index contributed by atoms with van der Waals surface area (Å²) in [5, 5.41) is 9.31. The van der Waals surface area contributed by atoms with E-state index in [9.17, 15) is 9.90 Å². The maximum atomic E-state index is 11.3. The Balaban J connectivity index is 2.30. The van der Waals surface area contributed by atoms with Crippen molar-refractivity contribution in [2.75, 3.05) is 40.3 Å². The third-order valence-electron chi connectivity index (χ3n) is 3.85. The summed E-state index contributed by atoms with van der Waals surface area (Å²) in [6.45, 7) is 3.13. The van der Waals surface area contributed by atoms with Crippen LogP contribution in [0.1, 0.15) is 0 Å². The number of carboxylic acids is 1. The van der Waals surface area contributed by atoms with Crippen molar-refractivity contribution in [2.24, 2.45) is 17.6 Å². The van der Waals surface area contributed by atoms with Gasteiger partial charge < -0.3 is 20.6 Å². The maximum Gasteiger partial charge on any atom is 0.324 e. The van der Waals surface area contributed by atoms with Crippen LogP contribution in [0.2, 0.25) is 0 Å². The zero-order chi connectivity index (χ0) is 11.2. The second kappa shape index (κ2) is 3.43. The van der Waals surface area contributed by atoms with E-state index in [1.54, 1.807) is 0 Å². The fourth-order valence-corrected chi connectivity index (χ4v) is 3.06. The molecule has 86 valence electrons. The third kappa shape index (κ3) is 1.55. The lowest BCUT2D eigenvalue weighted by atomic mass is 9.68. The number of fused-ring (bicyclic) bond motifs is 2. The normalized spacial score (nSPS) is 42.9. The van der Waals surface area contributed by atoms with Crippen LogP contribution >= 0.6 is 0 Å². The Labute approximate surface area is 89.8 Å². The van der Waals surface area contributed by atoms with Crippen LogP contribution in [0.4, 0.5) is 0 Å². The molecule has 2 heterocycles. The molecule has 2 aliphatic heterocycles. The minimum absolute atomic E-state index is 0.0394. The van der Waals surface area contributed by atoms with Gasteiger partial charge in [0.15, 0.2) is 0 Å². The van der Waals surface area contributed by atoms with E-state index in [0.717, 1.165) is 26.2 Å². The summed E-state index contributed by atoms with van der Waals surface area (Å²) in [6.07, 6.45) is 0. The number of carbonyl (C=O) groups is 1. The van der Waals surface area contributed by atoms with Crippen LogP contribution in [0, 0.1) is 11.8 Å². The average molecular weight is 213 g/mol. The van der Waals surface area contributed by atoms with Gasteiger partial charge in [-0.3, -0.25) is 4.79 Å². The van der Waals surface area contributed by atoms with Crippen LogP contribution < -0.4 is 5.73 Å². The summed E-state index contributed by atoms with van der Waals surface area (Å²) in [5.74, 6) is -0.756. The Bertz CT molecular complexity index is 252. The molecule has 2 bridgehead atoms. The Morgan fingerprint density at radius 2 is 1.53 bits per heavy atom. The average Bonchev–Trinajstić information content (AvgIpc) is 2.09. The standard InChI is InChI=1S/C10H19N3O2/c1-12-3-7-5-13(2)6-8(4-12)10(7,11)9(14)15/h7-8H,3-6,11H2,1-2H3,(H,14,15). The third-order valence-corrected chi connectivity index (χ3v) is 3.85. The van der Waals surface area contributed by atoms with E-state index >= 15 is 0 Å². The van der Waals surface area contributed by atoms with Gasteiger partial charge in [0.05, 0.1) is 0 Å². The lowest BCUT2D eigenvalue weighted by Gasteiger charge is -2.53. The molecule has 0 saturated carbocycles. The lowest BCUT2D eigenvalue weighted by molar-refractivity contribution is -0.156. The maximum absolute atomic E-state index is 11.3. The van der Waals surface area contributed by atoms with Crippen molar-refractivity contribution in [1.29, 1.82) is 0 Å². The SMILES string of the molecule is CN1CC2CN(C)CC(C1)C2(N)C(=O)O. The zero-order valence-electron chi connectivity index (χ0n) is 9.31. The van der Waals surface area contributed by atoms with Crippen molar-refractivity contribution in [1.82, 2.24) is 9.80 Å². The van der Waals surface area contributed by atoms with E-state index in [-0.39, 0.29) is 11.8 Å². The number of nitrogens with zero attached hydrogens (tertiary/aromatic N) is 2. The molecule has 0 aromatic rings. The van der Waals surface area contributed by atoms with Gasteiger partial charge in [0, 0.05) is 38.0 Å². The molecule has 0 atom stereocenters. The highest BCUT2D eigenvalue weighted by molar-refractivity contribution is 5.80. The molecular weight excluding hydrogens is 194 g/mol. The van der Waals surface area contributed by atoms with E-state index in [1.165, 1.54) is 0 Å². The largest absolute Gasteiger partial charge is 0.480 e. The molecule has 0 aromatic carbocycles. The van der Waals surface area contributed by atoms with Gasteiger partial charge in [0.1, 0.15) is 5.54 Å². The van der Waals surface area contributed by atoms with Crippen molar-refractivity contribution in [3.8, 4) is 0 Å². The van der Waals surface area contributed by atoms with E-state index in [4.69, 9.17) is 5.73 Å². The number of carboxylic acid groups (broad SMARTS) is 1. The highest BCUT2D eigenvalue weighted by Gasteiger charge is 2.54. The molecule has 5 nitrogen and oxygen atoms in total. The van der Waals surface area contributed by atoms with E-state index in [2.05, 4.69) is 9.80 Å². The molecule has 2 fully saturated rings. The number of piperidine rings is 2. The fraction of sp³-hybridized carbons (Fsp3) is 0.900. The van der Waals surface area contributed by atoms with Gasteiger partial charge in [-0.2, -0.15) is 0 Å². The molecule has 0 aromatic heterocycles. The van der Waals surface area contributed by atoms with Gasteiger partial charge in [-0.25, -0.2) is 0 Å². The Hall–Kier alpha value is -0.650. The molecule has 0 radical (unpaired) electrons. The molecule has 0 amide bonds. The first-order valence-electron chi connectivity index (χ1n) is 5.34. The molecular formula is C10H19N3O2. The number of hydrogen-bond donors (Lipinski definition) is 2. The summed E-state index contributed by atoms with van der Waals surface area (Å²) in [5.41, 5.74) is 5.11. The molecule has 15 heavy (non-hydrogen) atoms. The Morgan fingerprint density at radius 1 is 1.20 bits per heavy atom. The van der Waals surface area contributed by atoms with Gasteiger partial charge in [-0.15, -0.1) is 0 Å². The van der Waals surface area contributed by atoms with Crippen LogP contribution in [-0.2, 0) is 4.79 Å². The summed E-state index contributed by atoms with van der Waals surface area (Å²) in [4.78, 5) is 15.7. The van der Waals surface area contributed by atoms with Gasteiger partial charge in [-0.1, -0.05) is 0 Å². The first kappa shape index (κ1) is 10.9. The second-order valence-corrected chi connectivity index (χ2v) is 5.07. The predicted molar refractivity (Wildman–Crippen MR) is 56.5 cm³/mol. The minimum atomic E-state index is -1.01. The quantitative estimate of drug-likeness (QED) is 0.578. The molecule has 0 aliphatic carbocycles. The first-order chi connectivity index (χ1) is 6.94. The van der Waals surface area contributed by atoms with Crippen LogP contribution in [0.3, 0.4) is 0 Å². The van der Waals surface area contributed by atoms with E-state index < -0.39 is 11.5 Å². The molecule has 3 N–H and O–H groups in total. The molecule has 0 unspecified atom stereocenters. The van der Waals surface area contributed by atoms with Gasteiger partial charge in [0.25, 0.3) is 0 Å². The summed E-state index contributed by atoms with van der Waals surface area (Å²) in [6, 6.07) is 0. The number of rotatable bonds is 1. The van der Waals surface area contributed by atoms with Crippen molar-refractivity contribution in [3.63, 3.8) is 0 Å². The second-order valence-electron chi connectivity index (χ2n) is 5.07. The number of aliphatic carboxylic acids is 1. The van der Waals surface area contributed by atoms with E-state index in [1.807, 2.05) is 14.1 Å². The smallest absolute Gasteiger partial charge is 0.324 e. The Morgan fingerprint density at radius 3 is 1.80 bits per heavy atom. The van der Waals surface area contributed by atoms with Gasteiger partial charge in [-0.05, 0) is 14.1 Å². The van der Waals surface area contributed by atoms with Gasteiger partial charge >= 0.3 is 5.97 Å². The summed E-state index contributed by atoms with van der Waals surface area (Å²) >= 11 is 0. The summed E-state index contributed by atoms with van der Waals surface area (Å²) < 4.78 is 0. The molecule has 5 heteroatoms. The lowest BCUT2D eigenvalue weighted by Crippen LogP contribution is -2.73. The monoisotopic (exact) mass is 213 g/mol. The van der Waals surface area contributed by atoms with Crippen molar-refractivity contribution in [3.05, 3.63) is 0 Å². The molecule has 2 rings (SSSR count). The number of likely N-dealkylation sites (tertiary alicyclic amines) is 2. The van der Waals surface area contributed by atoms with Crippen molar-refractivity contribution in [2.45, 2.75) is 5.54 Å². The summed E-state index contributed by atoms with van der Waals surface area (Å²) in [7, 11) is 4.07. The Kier molecular flexibility index (Phi) is 2.48. The van der Waals surface area contributed by atoms with Crippen LogP contribution in [0.15, 0.2) is 0 Å². The minimum Gasteiger partial charge on any atom is -0.480 e. The highest BCUT2D eigenvalue weighted by atomic mass is 16.4. The zero-order valence-corrected chi connectivity index (χ0v) is 9.31. The predicted octanol–water partition coefficient (Wildman–Crippen LogP) is -1.11. The van der Waals surface area contributed by atoms with Crippen LogP contribution in [0.5, 0.6) is 0 Å². The number of hydrogen-bond acceptors (Lipinski definition) is 4. The van der Waals surface area contributed by atoms with Gasteiger partial charge in [0.2, 0.25) is 0 Å². The first-order valence-corrected chi connectivity index (χ1v) is 5.34. The molecule has 2 aliphatic rings. The van der Waals surface area contributed by atoms with Crippen LogP contribution in [-0.4, -0.2) is 66.7 Å².